The first-order valence-electron chi connectivity index (χ1n) is 12.9. The number of nitrogens with two attached hydrogens (primary N) is 1. The van der Waals surface area contributed by atoms with Crippen molar-refractivity contribution >= 4 is 29.2 Å². The Bertz CT molecular complexity index is 1170. The van der Waals surface area contributed by atoms with Gasteiger partial charge in [-0.3, -0.25) is 19.2 Å². The van der Waals surface area contributed by atoms with E-state index in [4.69, 9.17) is 10.6 Å². The van der Waals surface area contributed by atoms with Crippen LogP contribution in [0.5, 0.6) is 0 Å². The second kappa shape index (κ2) is 10.4. The molecule has 1 saturated carbocycles. The lowest BCUT2D eigenvalue weighted by Crippen LogP contribution is -2.50. The minimum Gasteiger partial charge on any atom is -0.384 e. The van der Waals surface area contributed by atoms with Crippen molar-refractivity contribution in [1.82, 2.24) is 15.4 Å². The molecular weight excluding hydrogens is 472 g/mol. The lowest BCUT2D eigenvalue weighted by atomic mass is 9.96. The van der Waals surface area contributed by atoms with Crippen LogP contribution in [0.3, 0.4) is 0 Å². The number of benzene rings is 1. The van der Waals surface area contributed by atoms with Crippen LogP contribution in [-0.4, -0.2) is 66.6 Å². The van der Waals surface area contributed by atoms with Gasteiger partial charge in [0.05, 0.1) is 18.2 Å². The van der Waals surface area contributed by atoms with E-state index in [1.54, 1.807) is 37.5 Å². The van der Waals surface area contributed by atoms with Crippen LogP contribution < -0.4 is 21.3 Å². The van der Waals surface area contributed by atoms with Gasteiger partial charge in [-0.15, -0.1) is 0 Å². The molecule has 10 heteroatoms. The number of aromatic nitrogens is 1. The van der Waals surface area contributed by atoms with E-state index in [0.29, 0.717) is 28.3 Å². The Balaban J connectivity index is 1.23. The molecular formula is C27H34N6O4. The molecule has 2 aliphatic heterocycles. The van der Waals surface area contributed by atoms with Crippen LogP contribution in [0.15, 0.2) is 36.5 Å². The van der Waals surface area contributed by atoms with Crippen molar-refractivity contribution in [3.63, 3.8) is 0 Å². The first-order chi connectivity index (χ1) is 17.8. The number of rotatable bonds is 9. The third kappa shape index (κ3) is 5.39. The van der Waals surface area contributed by atoms with Gasteiger partial charge in [0, 0.05) is 49.2 Å². The molecule has 196 valence electrons. The van der Waals surface area contributed by atoms with Gasteiger partial charge in [0.2, 0.25) is 0 Å². The van der Waals surface area contributed by atoms with Gasteiger partial charge in [-0.25, -0.2) is 10.0 Å². The summed E-state index contributed by atoms with van der Waals surface area (Å²) in [6.07, 6.45) is 7.67. The molecule has 5 rings (SSSR count). The van der Waals surface area contributed by atoms with Crippen molar-refractivity contribution in [3.05, 3.63) is 53.2 Å². The fourth-order valence-electron chi connectivity index (χ4n) is 5.49. The van der Waals surface area contributed by atoms with Crippen LogP contribution in [-0.2, 0) is 4.84 Å². The Kier molecular flexibility index (Phi) is 7.01. The number of nitrogens with zero attached hydrogens (tertiary/aromatic N) is 3. The highest BCUT2D eigenvalue weighted by molar-refractivity contribution is 6.02. The van der Waals surface area contributed by atoms with Gasteiger partial charge in [-0.05, 0) is 74.8 Å². The average Bonchev–Trinajstić information content (AvgIpc) is 3.70. The minimum atomic E-state index is -0.508. The number of hydrogen-bond donors (Lipinski definition) is 3. The van der Waals surface area contributed by atoms with E-state index in [9.17, 15) is 14.4 Å². The quantitative estimate of drug-likeness (QED) is 0.446. The molecule has 3 heterocycles. The molecule has 3 aliphatic rings. The summed E-state index contributed by atoms with van der Waals surface area (Å²) in [7, 11) is 3.01. The first kappa shape index (κ1) is 25.0. The predicted octanol–water partition coefficient (Wildman–Crippen LogP) is 2.57. The highest BCUT2D eigenvalue weighted by Crippen LogP contribution is 2.38. The second-order valence-electron chi connectivity index (χ2n) is 10.3. The van der Waals surface area contributed by atoms with E-state index >= 15 is 0 Å². The van der Waals surface area contributed by atoms with Crippen LogP contribution in [0.25, 0.3) is 0 Å². The number of nitrogens with one attached hydrogen (secondary N) is 2. The molecule has 0 radical (unpaired) electrons. The topological polar surface area (TPSA) is 130 Å². The molecule has 1 aromatic heterocycles. The molecule has 3 atom stereocenters. The molecule has 2 bridgehead atoms. The van der Waals surface area contributed by atoms with Crippen molar-refractivity contribution < 1.29 is 19.2 Å². The van der Waals surface area contributed by atoms with Gasteiger partial charge in [0.15, 0.2) is 0 Å². The zero-order chi connectivity index (χ0) is 26.1. The molecule has 4 N–H and O–H groups in total. The number of hydroxylamine groups is 2. The fourth-order valence-corrected chi connectivity index (χ4v) is 5.49. The maximum Gasteiger partial charge on any atom is 0.278 e. The van der Waals surface area contributed by atoms with Crippen molar-refractivity contribution in [2.75, 3.05) is 30.9 Å². The number of carbonyl (C=O) groups excluding carboxylic acids is 3. The Morgan fingerprint density at radius 1 is 1.08 bits per heavy atom. The van der Waals surface area contributed by atoms with Crippen LogP contribution in [0, 0.1) is 5.92 Å². The predicted molar refractivity (Wildman–Crippen MR) is 139 cm³/mol. The maximum atomic E-state index is 13.1. The fraction of sp³-hybridized carbons (Fsp3) is 0.481. The molecule has 2 saturated heterocycles. The first-order valence-corrected chi connectivity index (χ1v) is 12.9. The van der Waals surface area contributed by atoms with Gasteiger partial charge < -0.3 is 21.3 Å². The zero-order valence-electron chi connectivity index (χ0n) is 21.3. The van der Waals surface area contributed by atoms with Crippen molar-refractivity contribution in [2.24, 2.45) is 11.7 Å². The number of anilines is 2. The third-order valence-electron chi connectivity index (χ3n) is 7.71. The Hall–Kier alpha value is -3.66. The number of piperidine rings is 1. The summed E-state index contributed by atoms with van der Waals surface area (Å²) in [6.45, 7) is 0.777. The van der Waals surface area contributed by atoms with Crippen LogP contribution in [0.2, 0.25) is 0 Å². The van der Waals surface area contributed by atoms with Gasteiger partial charge in [0.1, 0.15) is 5.82 Å². The highest BCUT2D eigenvalue weighted by atomic mass is 16.7. The summed E-state index contributed by atoms with van der Waals surface area (Å²) in [5.74, 6) is 0.567. The SMILES string of the molecule is CON(C)C(=O)c1ccc(N2[C@@H]3CC[C@H]2CC(NC(=O)c2ccc(C(N)=O)c(NCC4CC4)c2)C3)nc1. The van der Waals surface area contributed by atoms with Gasteiger partial charge in [-0.1, -0.05) is 0 Å². The summed E-state index contributed by atoms with van der Waals surface area (Å²) in [4.78, 5) is 49.1. The number of carbonyl (C=O) groups is 3. The molecule has 3 fully saturated rings. The van der Waals surface area contributed by atoms with E-state index in [1.165, 1.54) is 25.0 Å². The number of hydrogen-bond acceptors (Lipinski definition) is 7. The van der Waals surface area contributed by atoms with E-state index in [-0.39, 0.29) is 29.9 Å². The Morgan fingerprint density at radius 2 is 1.78 bits per heavy atom. The molecule has 1 unspecified atom stereocenters. The van der Waals surface area contributed by atoms with Crippen LogP contribution >= 0.6 is 0 Å². The number of fused-ring (bicyclic) bond motifs is 2. The molecule has 37 heavy (non-hydrogen) atoms. The molecule has 10 nitrogen and oxygen atoms in total. The van der Waals surface area contributed by atoms with E-state index in [0.717, 1.165) is 38.0 Å². The van der Waals surface area contributed by atoms with Crippen molar-refractivity contribution in [3.8, 4) is 0 Å². The summed E-state index contributed by atoms with van der Waals surface area (Å²) in [6, 6.07) is 9.28. The Morgan fingerprint density at radius 3 is 2.38 bits per heavy atom. The van der Waals surface area contributed by atoms with Crippen molar-refractivity contribution in [1.29, 1.82) is 0 Å². The van der Waals surface area contributed by atoms with Crippen LogP contribution in [0.1, 0.15) is 69.6 Å². The van der Waals surface area contributed by atoms with Crippen LogP contribution in [0.4, 0.5) is 11.5 Å². The van der Waals surface area contributed by atoms with Gasteiger partial charge in [0.25, 0.3) is 17.7 Å². The lowest BCUT2D eigenvalue weighted by molar-refractivity contribution is -0.0757. The molecule has 1 aliphatic carbocycles. The normalized spacial score (nSPS) is 22.4. The standard InChI is InChI=1S/C27H34N6O4/c1-32(37-2)27(36)18-6-10-24(30-15-18)33-20-7-8-21(33)13-19(12-20)31-26(35)17-5-9-22(25(28)34)23(11-17)29-14-16-3-4-16/h5-6,9-11,15-16,19-21,29H,3-4,7-8,12-14H2,1-2H3,(H2,28,34)(H,31,35)/t19?,20-,21+. The summed E-state index contributed by atoms with van der Waals surface area (Å²) in [5.41, 5.74) is 7.54. The molecule has 2 aromatic rings. The minimum absolute atomic E-state index is 0.0520. The van der Waals surface area contributed by atoms with Gasteiger partial charge >= 0.3 is 0 Å². The molecule has 0 spiro atoms. The van der Waals surface area contributed by atoms with Gasteiger partial charge in [-0.2, -0.15) is 0 Å². The van der Waals surface area contributed by atoms with E-state index < -0.39 is 5.91 Å². The van der Waals surface area contributed by atoms with E-state index in [1.807, 2.05) is 6.07 Å². The number of pyridine rings is 1. The maximum absolute atomic E-state index is 13.1. The largest absolute Gasteiger partial charge is 0.384 e. The van der Waals surface area contributed by atoms with Crippen molar-refractivity contribution in [2.45, 2.75) is 56.7 Å². The molecule has 3 amide bonds. The highest BCUT2D eigenvalue weighted by Gasteiger charge is 2.42. The average molecular weight is 507 g/mol. The Labute approximate surface area is 216 Å². The van der Waals surface area contributed by atoms with E-state index in [2.05, 4.69) is 20.5 Å². The zero-order valence-corrected chi connectivity index (χ0v) is 21.3. The summed E-state index contributed by atoms with van der Waals surface area (Å²) in [5, 5.41) is 7.68. The lowest BCUT2D eigenvalue weighted by Gasteiger charge is -2.40. The number of amides is 3. The third-order valence-corrected chi connectivity index (χ3v) is 7.71. The number of primary amides is 1. The summed E-state index contributed by atoms with van der Waals surface area (Å²) < 4.78 is 0. The monoisotopic (exact) mass is 506 g/mol. The summed E-state index contributed by atoms with van der Waals surface area (Å²) >= 11 is 0. The molecule has 1 aromatic carbocycles. The second-order valence-corrected chi connectivity index (χ2v) is 10.3. The smallest absolute Gasteiger partial charge is 0.278 e.